The molecule has 1 fully saturated rings. The minimum absolute atomic E-state index is 0.115. The lowest BCUT2D eigenvalue weighted by Crippen LogP contribution is -2.36. The molecular formula is C11H23NO. The number of likely N-dealkylation sites (tertiary alicyclic amines) is 1. The molecule has 0 aliphatic carbocycles. The third-order valence-electron chi connectivity index (χ3n) is 3.35. The van der Waals surface area contributed by atoms with E-state index < -0.39 is 0 Å². The van der Waals surface area contributed by atoms with E-state index in [-0.39, 0.29) is 5.41 Å². The van der Waals surface area contributed by atoms with Gasteiger partial charge in [-0.3, -0.25) is 0 Å². The van der Waals surface area contributed by atoms with E-state index in [4.69, 9.17) is 0 Å². The molecule has 0 amide bonds. The highest BCUT2D eigenvalue weighted by atomic mass is 16.3. The molecule has 1 N–H and O–H groups in total. The lowest BCUT2D eigenvalue weighted by atomic mass is 9.88. The molecule has 78 valence electrons. The molecule has 0 spiro atoms. The molecule has 2 unspecified atom stereocenters. The summed E-state index contributed by atoms with van der Waals surface area (Å²) in [7, 11) is 0. The van der Waals surface area contributed by atoms with Gasteiger partial charge in [-0.1, -0.05) is 20.8 Å². The molecule has 2 nitrogen and oxygen atoms in total. The molecule has 2 atom stereocenters. The zero-order valence-corrected chi connectivity index (χ0v) is 9.21. The molecular weight excluding hydrogens is 162 g/mol. The van der Waals surface area contributed by atoms with Crippen molar-refractivity contribution < 1.29 is 5.11 Å². The second-order valence-corrected chi connectivity index (χ2v) is 4.95. The first-order valence-corrected chi connectivity index (χ1v) is 5.43. The van der Waals surface area contributed by atoms with Crippen LogP contribution in [0.25, 0.3) is 0 Å². The van der Waals surface area contributed by atoms with Gasteiger partial charge in [0.1, 0.15) is 0 Å². The van der Waals surface area contributed by atoms with Crippen LogP contribution in [0.2, 0.25) is 0 Å². The van der Waals surface area contributed by atoms with Crippen molar-refractivity contribution in [3.05, 3.63) is 0 Å². The Bertz CT molecular complexity index is 154. The molecule has 0 aromatic rings. The van der Waals surface area contributed by atoms with E-state index in [1.807, 2.05) is 0 Å². The number of rotatable bonds is 4. The van der Waals surface area contributed by atoms with Crippen LogP contribution in [-0.2, 0) is 0 Å². The first-order valence-electron chi connectivity index (χ1n) is 5.43. The quantitative estimate of drug-likeness (QED) is 0.721. The maximum Gasteiger partial charge on any atom is 0.0496 e. The van der Waals surface area contributed by atoms with Gasteiger partial charge in [-0.2, -0.15) is 0 Å². The molecule has 1 aliphatic rings. The van der Waals surface area contributed by atoms with Crippen LogP contribution in [0.1, 0.15) is 33.6 Å². The largest absolute Gasteiger partial charge is 0.396 e. The summed E-state index contributed by atoms with van der Waals surface area (Å²) in [5.41, 5.74) is 0.115. The summed E-state index contributed by atoms with van der Waals surface area (Å²) in [6.07, 6.45) is 2.39. The van der Waals surface area contributed by atoms with E-state index in [0.29, 0.717) is 6.61 Å². The van der Waals surface area contributed by atoms with Crippen molar-refractivity contribution in [2.75, 3.05) is 26.2 Å². The number of nitrogens with zero attached hydrogens (tertiary/aromatic N) is 1. The van der Waals surface area contributed by atoms with Gasteiger partial charge in [0.15, 0.2) is 0 Å². The Morgan fingerprint density at radius 3 is 2.62 bits per heavy atom. The normalized spacial score (nSPS) is 29.1. The fourth-order valence-electron chi connectivity index (χ4n) is 1.98. The van der Waals surface area contributed by atoms with Gasteiger partial charge < -0.3 is 10.0 Å². The highest BCUT2D eigenvalue weighted by Crippen LogP contribution is 2.25. The Morgan fingerprint density at radius 2 is 2.23 bits per heavy atom. The van der Waals surface area contributed by atoms with E-state index in [0.717, 1.165) is 18.9 Å². The van der Waals surface area contributed by atoms with E-state index in [1.165, 1.54) is 19.5 Å². The lowest BCUT2D eigenvalue weighted by molar-refractivity contribution is 0.0937. The van der Waals surface area contributed by atoms with Crippen LogP contribution in [0.5, 0.6) is 0 Å². The maximum absolute atomic E-state index is 9.28. The van der Waals surface area contributed by atoms with Gasteiger partial charge in [-0.25, -0.2) is 0 Å². The maximum atomic E-state index is 9.28. The monoisotopic (exact) mass is 185 g/mol. The fourth-order valence-corrected chi connectivity index (χ4v) is 1.98. The van der Waals surface area contributed by atoms with Crippen LogP contribution in [-0.4, -0.2) is 36.2 Å². The number of aliphatic hydroxyl groups is 1. The number of aliphatic hydroxyl groups excluding tert-OH is 1. The van der Waals surface area contributed by atoms with Gasteiger partial charge in [0.05, 0.1) is 0 Å². The van der Waals surface area contributed by atoms with Gasteiger partial charge >= 0.3 is 0 Å². The fraction of sp³-hybridized carbons (Fsp3) is 1.00. The summed E-state index contributed by atoms with van der Waals surface area (Å²) < 4.78 is 0. The summed E-state index contributed by atoms with van der Waals surface area (Å²) >= 11 is 0. The molecule has 1 saturated heterocycles. The SMILES string of the molecule is CCC(C)(CO)CN1CCC(C)C1. The van der Waals surface area contributed by atoms with E-state index in [1.54, 1.807) is 0 Å². The lowest BCUT2D eigenvalue weighted by Gasteiger charge is -2.31. The summed E-state index contributed by atoms with van der Waals surface area (Å²) in [6, 6.07) is 0. The van der Waals surface area contributed by atoms with Crippen molar-refractivity contribution in [3.8, 4) is 0 Å². The minimum Gasteiger partial charge on any atom is -0.396 e. The van der Waals surface area contributed by atoms with Crippen LogP contribution >= 0.6 is 0 Å². The molecule has 1 aliphatic heterocycles. The van der Waals surface area contributed by atoms with Crippen LogP contribution < -0.4 is 0 Å². The molecule has 2 heteroatoms. The first kappa shape index (κ1) is 11.0. The third kappa shape index (κ3) is 2.96. The average Bonchev–Trinajstić information content (AvgIpc) is 2.51. The van der Waals surface area contributed by atoms with Crippen LogP contribution in [0.3, 0.4) is 0 Å². The molecule has 0 aromatic heterocycles. The van der Waals surface area contributed by atoms with Crippen molar-refractivity contribution >= 4 is 0 Å². The van der Waals surface area contributed by atoms with Crippen molar-refractivity contribution in [1.82, 2.24) is 4.90 Å². The van der Waals surface area contributed by atoms with Crippen LogP contribution in [0, 0.1) is 11.3 Å². The topological polar surface area (TPSA) is 23.5 Å². The smallest absolute Gasteiger partial charge is 0.0496 e. The highest BCUT2D eigenvalue weighted by molar-refractivity contribution is 4.80. The van der Waals surface area contributed by atoms with E-state index in [9.17, 15) is 5.11 Å². The molecule has 13 heavy (non-hydrogen) atoms. The zero-order valence-electron chi connectivity index (χ0n) is 9.21. The van der Waals surface area contributed by atoms with Crippen LogP contribution in [0.4, 0.5) is 0 Å². The molecule has 1 heterocycles. The van der Waals surface area contributed by atoms with E-state index >= 15 is 0 Å². The Hall–Kier alpha value is -0.0800. The highest BCUT2D eigenvalue weighted by Gasteiger charge is 2.27. The number of hydrogen-bond donors (Lipinski definition) is 1. The number of hydrogen-bond acceptors (Lipinski definition) is 2. The molecule has 0 aromatic carbocycles. The minimum atomic E-state index is 0.115. The Labute approximate surface area is 81.9 Å². The molecule has 0 bridgehead atoms. The molecule has 0 radical (unpaired) electrons. The first-order chi connectivity index (χ1) is 6.09. The summed E-state index contributed by atoms with van der Waals surface area (Å²) in [4.78, 5) is 2.49. The van der Waals surface area contributed by atoms with Gasteiger partial charge in [0.2, 0.25) is 0 Å². The Kier molecular flexibility index (Phi) is 3.74. The Morgan fingerprint density at radius 1 is 1.54 bits per heavy atom. The van der Waals surface area contributed by atoms with Gasteiger partial charge in [0, 0.05) is 25.1 Å². The van der Waals surface area contributed by atoms with Gasteiger partial charge in [-0.05, 0) is 25.3 Å². The summed E-state index contributed by atoms with van der Waals surface area (Å²) in [5.74, 6) is 0.847. The second-order valence-electron chi connectivity index (χ2n) is 4.95. The van der Waals surface area contributed by atoms with Crippen LogP contribution in [0.15, 0.2) is 0 Å². The zero-order chi connectivity index (χ0) is 9.90. The van der Waals surface area contributed by atoms with Crippen molar-refractivity contribution in [1.29, 1.82) is 0 Å². The predicted molar refractivity (Wildman–Crippen MR) is 55.7 cm³/mol. The standard InChI is InChI=1S/C11H23NO/c1-4-11(3,9-13)8-12-6-5-10(2)7-12/h10,13H,4-9H2,1-3H3. The summed E-state index contributed by atoms with van der Waals surface area (Å²) in [6.45, 7) is 10.5. The molecule has 0 saturated carbocycles. The van der Waals surface area contributed by atoms with Gasteiger partial charge in [0.25, 0.3) is 0 Å². The van der Waals surface area contributed by atoms with Crippen molar-refractivity contribution in [2.45, 2.75) is 33.6 Å². The molecule has 1 rings (SSSR count). The van der Waals surface area contributed by atoms with Crippen molar-refractivity contribution in [2.24, 2.45) is 11.3 Å². The van der Waals surface area contributed by atoms with Gasteiger partial charge in [-0.15, -0.1) is 0 Å². The predicted octanol–water partition coefficient (Wildman–Crippen LogP) is 1.74. The summed E-state index contributed by atoms with van der Waals surface area (Å²) in [5, 5.41) is 9.28. The third-order valence-corrected chi connectivity index (χ3v) is 3.35. The average molecular weight is 185 g/mol. The van der Waals surface area contributed by atoms with E-state index in [2.05, 4.69) is 25.7 Å². The van der Waals surface area contributed by atoms with Crippen molar-refractivity contribution in [3.63, 3.8) is 0 Å². The Balaban J connectivity index is 2.38. The second kappa shape index (κ2) is 4.43.